The van der Waals surface area contributed by atoms with E-state index < -0.39 is 0 Å². The van der Waals surface area contributed by atoms with Crippen LogP contribution in [-0.2, 0) is 9.47 Å². The fourth-order valence-electron chi connectivity index (χ4n) is 2.07. The number of amides is 2. The first kappa shape index (κ1) is 22.1. The van der Waals surface area contributed by atoms with E-state index >= 15 is 0 Å². The molecule has 0 bridgehead atoms. The number of nitrogens with one attached hydrogen (secondary N) is 2. The molecule has 0 radical (unpaired) electrons. The first-order chi connectivity index (χ1) is 12.4. The highest BCUT2D eigenvalue weighted by molar-refractivity contribution is 5.98. The minimum absolute atomic E-state index is 0.180. The van der Waals surface area contributed by atoms with Crippen LogP contribution in [0.3, 0.4) is 0 Å². The van der Waals surface area contributed by atoms with Gasteiger partial charge >= 0.3 is 0 Å². The molecule has 0 spiro atoms. The van der Waals surface area contributed by atoms with E-state index in [9.17, 15) is 9.59 Å². The molecule has 146 valence electrons. The quantitative estimate of drug-likeness (QED) is 0.554. The van der Waals surface area contributed by atoms with E-state index in [1.165, 1.54) is 12.3 Å². The first-order valence-electron chi connectivity index (χ1n) is 9.15. The van der Waals surface area contributed by atoms with Crippen molar-refractivity contribution in [3.63, 3.8) is 0 Å². The van der Waals surface area contributed by atoms with Gasteiger partial charge in [0, 0.05) is 38.1 Å². The van der Waals surface area contributed by atoms with Gasteiger partial charge in [-0.1, -0.05) is 0 Å². The van der Waals surface area contributed by atoms with Crippen LogP contribution in [0.25, 0.3) is 0 Å². The lowest BCUT2D eigenvalue weighted by atomic mass is 10.2. The number of ether oxygens (including phenoxy) is 2. The highest BCUT2D eigenvalue weighted by Gasteiger charge is 2.11. The molecule has 7 nitrogen and oxygen atoms in total. The lowest BCUT2D eigenvalue weighted by molar-refractivity contribution is 0.0752. The zero-order chi connectivity index (χ0) is 19.4. The summed E-state index contributed by atoms with van der Waals surface area (Å²) in [6.07, 6.45) is 3.29. The summed E-state index contributed by atoms with van der Waals surface area (Å²) < 4.78 is 10.8. The zero-order valence-electron chi connectivity index (χ0n) is 16.2. The summed E-state index contributed by atoms with van der Waals surface area (Å²) in [6.45, 7) is 10.1. The molecule has 0 unspecified atom stereocenters. The molecular formula is C19H31N3O4. The summed E-state index contributed by atoms with van der Waals surface area (Å²) >= 11 is 0. The molecule has 1 aromatic heterocycles. The van der Waals surface area contributed by atoms with Gasteiger partial charge in [-0.2, -0.15) is 0 Å². The lowest BCUT2D eigenvalue weighted by Crippen LogP contribution is -2.28. The van der Waals surface area contributed by atoms with Gasteiger partial charge in [-0.25, -0.2) is 0 Å². The molecule has 2 N–H and O–H groups in total. The summed E-state index contributed by atoms with van der Waals surface area (Å²) in [7, 11) is 0. The standard InChI is InChI=1S/C19H31N3O4/c1-14(2)25-11-5-8-21-18(23)16-7-10-20-17(13-16)19(24)22-9-6-12-26-15(3)4/h7,10,13-15H,5-6,8-9,11-12H2,1-4H3,(H,21,23)(H,22,24). The molecular weight excluding hydrogens is 334 g/mol. The summed E-state index contributed by atoms with van der Waals surface area (Å²) in [5, 5.41) is 5.59. The van der Waals surface area contributed by atoms with Crippen LogP contribution in [0.1, 0.15) is 61.4 Å². The van der Waals surface area contributed by atoms with Crippen molar-refractivity contribution in [3.05, 3.63) is 29.6 Å². The Morgan fingerprint density at radius 1 is 0.962 bits per heavy atom. The van der Waals surface area contributed by atoms with Gasteiger partial charge in [0.05, 0.1) is 12.2 Å². The van der Waals surface area contributed by atoms with Crippen LogP contribution in [-0.4, -0.2) is 55.3 Å². The maximum Gasteiger partial charge on any atom is 0.269 e. The molecule has 0 saturated heterocycles. The third kappa shape index (κ3) is 9.48. The van der Waals surface area contributed by atoms with Crippen molar-refractivity contribution in [2.75, 3.05) is 26.3 Å². The van der Waals surface area contributed by atoms with Gasteiger partial charge < -0.3 is 20.1 Å². The van der Waals surface area contributed by atoms with Crippen LogP contribution in [0, 0.1) is 0 Å². The highest BCUT2D eigenvalue weighted by atomic mass is 16.5. The van der Waals surface area contributed by atoms with Crippen LogP contribution in [0.4, 0.5) is 0 Å². The van der Waals surface area contributed by atoms with E-state index in [1.807, 2.05) is 27.7 Å². The number of hydrogen-bond acceptors (Lipinski definition) is 5. The van der Waals surface area contributed by atoms with Gasteiger partial charge in [0.15, 0.2) is 0 Å². The normalized spacial score (nSPS) is 11.0. The predicted molar refractivity (Wildman–Crippen MR) is 100 cm³/mol. The smallest absolute Gasteiger partial charge is 0.269 e. The molecule has 26 heavy (non-hydrogen) atoms. The van der Waals surface area contributed by atoms with Gasteiger partial charge in [0.25, 0.3) is 11.8 Å². The van der Waals surface area contributed by atoms with Gasteiger partial charge in [0.1, 0.15) is 5.69 Å². The van der Waals surface area contributed by atoms with Gasteiger partial charge in [-0.3, -0.25) is 14.6 Å². The van der Waals surface area contributed by atoms with E-state index in [0.717, 1.165) is 12.8 Å². The Bertz CT molecular complexity index is 516. The fraction of sp³-hybridized carbons (Fsp3) is 0.632. The molecule has 1 rings (SSSR count). The monoisotopic (exact) mass is 365 g/mol. The average Bonchev–Trinajstić information content (AvgIpc) is 2.60. The number of pyridine rings is 1. The number of aromatic nitrogens is 1. The topological polar surface area (TPSA) is 89.5 Å². The van der Waals surface area contributed by atoms with Crippen molar-refractivity contribution in [1.82, 2.24) is 15.6 Å². The van der Waals surface area contributed by atoms with Crippen LogP contribution in [0.2, 0.25) is 0 Å². The minimum Gasteiger partial charge on any atom is -0.379 e. The van der Waals surface area contributed by atoms with Crippen LogP contribution in [0.15, 0.2) is 18.3 Å². The van der Waals surface area contributed by atoms with Crippen molar-refractivity contribution in [3.8, 4) is 0 Å². The second-order valence-corrected chi connectivity index (χ2v) is 6.49. The Labute approximate surface area is 155 Å². The molecule has 0 fully saturated rings. The van der Waals surface area contributed by atoms with Gasteiger partial charge in [-0.05, 0) is 52.7 Å². The number of nitrogens with zero attached hydrogens (tertiary/aromatic N) is 1. The fourth-order valence-corrected chi connectivity index (χ4v) is 2.07. The van der Waals surface area contributed by atoms with Crippen LogP contribution in [0.5, 0.6) is 0 Å². The Kier molecular flexibility index (Phi) is 10.5. The molecule has 2 amide bonds. The SMILES string of the molecule is CC(C)OCCCNC(=O)c1ccnc(C(=O)NCCCOC(C)C)c1. The van der Waals surface area contributed by atoms with Gasteiger partial charge in [-0.15, -0.1) is 0 Å². The van der Waals surface area contributed by atoms with E-state index in [1.54, 1.807) is 6.07 Å². The van der Waals surface area contributed by atoms with E-state index in [-0.39, 0.29) is 29.7 Å². The maximum absolute atomic E-state index is 12.2. The second kappa shape index (κ2) is 12.4. The van der Waals surface area contributed by atoms with Crippen molar-refractivity contribution in [2.45, 2.75) is 52.7 Å². The summed E-state index contributed by atoms with van der Waals surface area (Å²) in [4.78, 5) is 28.3. The predicted octanol–water partition coefficient (Wildman–Crippen LogP) is 2.17. The summed E-state index contributed by atoms with van der Waals surface area (Å²) in [6, 6.07) is 3.09. The van der Waals surface area contributed by atoms with E-state index in [2.05, 4.69) is 15.6 Å². The largest absolute Gasteiger partial charge is 0.379 e. The first-order valence-corrected chi connectivity index (χ1v) is 9.15. The number of carbonyl (C=O) groups excluding carboxylic acids is 2. The third-order valence-corrected chi connectivity index (χ3v) is 3.37. The summed E-state index contributed by atoms with van der Waals surface area (Å²) in [5.74, 6) is -0.522. The van der Waals surface area contributed by atoms with E-state index in [4.69, 9.17) is 9.47 Å². The van der Waals surface area contributed by atoms with Crippen molar-refractivity contribution in [1.29, 1.82) is 0 Å². The Balaban J connectivity index is 2.38. The van der Waals surface area contributed by atoms with E-state index in [0.29, 0.717) is 31.9 Å². The number of rotatable bonds is 12. The number of carbonyl (C=O) groups is 2. The molecule has 0 aliphatic carbocycles. The Morgan fingerprint density at radius 3 is 2.04 bits per heavy atom. The molecule has 7 heteroatoms. The minimum atomic E-state index is -0.297. The average molecular weight is 365 g/mol. The number of hydrogen-bond donors (Lipinski definition) is 2. The molecule has 1 aromatic rings. The molecule has 0 aromatic carbocycles. The lowest BCUT2D eigenvalue weighted by Gasteiger charge is -2.09. The van der Waals surface area contributed by atoms with Crippen molar-refractivity contribution >= 4 is 11.8 Å². The second-order valence-electron chi connectivity index (χ2n) is 6.49. The Morgan fingerprint density at radius 2 is 1.50 bits per heavy atom. The molecule has 0 saturated carbocycles. The van der Waals surface area contributed by atoms with Gasteiger partial charge in [0.2, 0.25) is 0 Å². The third-order valence-electron chi connectivity index (χ3n) is 3.37. The maximum atomic E-state index is 12.2. The zero-order valence-corrected chi connectivity index (χ0v) is 16.2. The van der Waals surface area contributed by atoms with Crippen LogP contribution >= 0.6 is 0 Å². The molecule has 1 heterocycles. The van der Waals surface area contributed by atoms with Crippen LogP contribution < -0.4 is 10.6 Å². The highest BCUT2D eigenvalue weighted by Crippen LogP contribution is 2.02. The summed E-state index contributed by atoms with van der Waals surface area (Å²) in [5.41, 5.74) is 0.642. The van der Waals surface area contributed by atoms with Crippen molar-refractivity contribution in [2.24, 2.45) is 0 Å². The molecule has 0 aliphatic rings. The molecule has 0 aliphatic heterocycles. The Hall–Kier alpha value is -1.99. The van der Waals surface area contributed by atoms with Crippen molar-refractivity contribution < 1.29 is 19.1 Å². The molecule has 0 atom stereocenters.